The van der Waals surface area contributed by atoms with E-state index in [9.17, 15) is 4.79 Å². The average Bonchev–Trinajstić information content (AvgIpc) is 2.49. The van der Waals surface area contributed by atoms with Crippen molar-refractivity contribution in [3.05, 3.63) is 24.0 Å². The van der Waals surface area contributed by atoms with Crippen molar-refractivity contribution in [3.63, 3.8) is 0 Å². The Labute approximate surface area is 119 Å². The smallest absolute Gasteiger partial charge is 0.269 e. The maximum Gasteiger partial charge on any atom is 0.269 e. The van der Waals surface area contributed by atoms with Gasteiger partial charge in [0.15, 0.2) is 0 Å². The number of carbonyl (C=O) groups excluding carboxylic acids is 1. The van der Waals surface area contributed by atoms with E-state index in [1.54, 1.807) is 6.20 Å². The number of fused-ring (bicyclic) bond motifs is 3. The van der Waals surface area contributed by atoms with Crippen molar-refractivity contribution in [2.75, 3.05) is 31.5 Å². The van der Waals surface area contributed by atoms with E-state index in [4.69, 9.17) is 0 Å². The molecule has 0 aliphatic carbocycles. The van der Waals surface area contributed by atoms with E-state index in [2.05, 4.69) is 20.5 Å². The summed E-state index contributed by atoms with van der Waals surface area (Å²) in [4.78, 5) is 18.5. The van der Waals surface area contributed by atoms with Crippen LogP contribution in [0.2, 0.25) is 0 Å². The van der Waals surface area contributed by atoms with Gasteiger partial charge in [-0.15, -0.1) is 0 Å². The number of piperidine rings is 3. The van der Waals surface area contributed by atoms with Crippen LogP contribution < -0.4 is 10.6 Å². The molecular formula is C15H22N4O. The lowest BCUT2D eigenvalue weighted by Crippen LogP contribution is -2.53. The first-order chi connectivity index (χ1) is 9.76. The second-order valence-electron chi connectivity index (χ2n) is 5.68. The number of hydrogen-bond acceptors (Lipinski definition) is 4. The minimum atomic E-state index is -0.106. The number of rotatable bonds is 4. The van der Waals surface area contributed by atoms with Crippen molar-refractivity contribution in [1.82, 2.24) is 15.2 Å². The molecular weight excluding hydrogens is 252 g/mol. The lowest BCUT2D eigenvalue weighted by molar-refractivity contribution is 0.0950. The highest BCUT2D eigenvalue weighted by atomic mass is 16.1. The van der Waals surface area contributed by atoms with Crippen LogP contribution in [0, 0.1) is 5.92 Å². The van der Waals surface area contributed by atoms with Gasteiger partial charge < -0.3 is 15.5 Å². The Bertz CT molecular complexity index is 483. The normalized spacial score (nSPS) is 28.1. The standard InChI is InChI=1S/C15H22N4O/c1-2-16-15(20)13-9-12(3-6-17-13)18-14-10-19-7-4-11(14)5-8-19/h3,6,9,11,14H,2,4-5,7-8,10H2,1H3,(H,16,20)(H,17,18). The predicted octanol–water partition coefficient (Wildman–Crippen LogP) is 1.34. The van der Waals surface area contributed by atoms with Crippen LogP contribution in [-0.4, -0.2) is 48.0 Å². The molecule has 1 atom stereocenters. The average molecular weight is 274 g/mol. The SMILES string of the molecule is CCNC(=O)c1cc(NC2CN3CCC2CC3)ccn1. The molecule has 108 valence electrons. The molecule has 20 heavy (non-hydrogen) atoms. The van der Waals surface area contributed by atoms with Crippen molar-refractivity contribution in [2.45, 2.75) is 25.8 Å². The molecule has 3 fully saturated rings. The molecule has 1 amide bonds. The van der Waals surface area contributed by atoms with Crippen LogP contribution in [0.25, 0.3) is 0 Å². The van der Waals surface area contributed by atoms with Gasteiger partial charge in [-0.3, -0.25) is 9.78 Å². The second-order valence-corrected chi connectivity index (χ2v) is 5.68. The van der Waals surface area contributed by atoms with Crippen molar-refractivity contribution in [2.24, 2.45) is 5.92 Å². The third-order valence-corrected chi connectivity index (χ3v) is 4.34. The number of amides is 1. The highest BCUT2D eigenvalue weighted by Gasteiger charge is 2.33. The van der Waals surface area contributed by atoms with Gasteiger partial charge in [0, 0.05) is 31.0 Å². The minimum absolute atomic E-state index is 0.106. The van der Waals surface area contributed by atoms with Gasteiger partial charge in [-0.2, -0.15) is 0 Å². The Morgan fingerprint density at radius 3 is 2.90 bits per heavy atom. The van der Waals surface area contributed by atoms with Gasteiger partial charge in [0.1, 0.15) is 5.69 Å². The molecule has 0 radical (unpaired) electrons. The molecule has 3 aliphatic heterocycles. The van der Waals surface area contributed by atoms with E-state index in [0.29, 0.717) is 18.3 Å². The van der Waals surface area contributed by atoms with E-state index in [0.717, 1.165) is 18.2 Å². The summed E-state index contributed by atoms with van der Waals surface area (Å²) in [6.45, 7) is 6.13. The van der Waals surface area contributed by atoms with Crippen LogP contribution in [0.3, 0.4) is 0 Å². The van der Waals surface area contributed by atoms with Gasteiger partial charge in [0.05, 0.1) is 0 Å². The van der Waals surface area contributed by atoms with Crippen LogP contribution >= 0.6 is 0 Å². The maximum atomic E-state index is 11.8. The predicted molar refractivity (Wildman–Crippen MR) is 78.8 cm³/mol. The first kappa shape index (κ1) is 13.4. The largest absolute Gasteiger partial charge is 0.381 e. The fraction of sp³-hybridized carbons (Fsp3) is 0.600. The third kappa shape index (κ3) is 2.77. The van der Waals surface area contributed by atoms with Gasteiger partial charge in [0.2, 0.25) is 0 Å². The lowest BCUT2D eigenvalue weighted by Gasteiger charge is -2.45. The van der Waals surface area contributed by atoms with Gasteiger partial charge in [0.25, 0.3) is 5.91 Å². The maximum absolute atomic E-state index is 11.8. The zero-order valence-electron chi connectivity index (χ0n) is 11.9. The molecule has 1 aromatic rings. The fourth-order valence-electron chi connectivity index (χ4n) is 3.24. The zero-order chi connectivity index (χ0) is 13.9. The van der Waals surface area contributed by atoms with E-state index in [1.165, 1.54) is 25.9 Å². The molecule has 5 heteroatoms. The number of pyridine rings is 1. The van der Waals surface area contributed by atoms with Crippen molar-refractivity contribution in [3.8, 4) is 0 Å². The Kier molecular flexibility index (Phi) is 3.87. The summed E-state index contributed by atoms with van der Waals surface area (Å²) in [5.41, 5.74) is 1.48. The highest BCUT2D eigenvalue weighted by Crippen LogP contribution is 2.29. The number of aromatic nitrogens is 1. The molecule has 5 nitrogen and oxygen atoms in total. The van der Waals surface area contributed by atoms with Crippen LogP contribution in [-0.2, 0) is 0 Å². The summed E-state index contributed by atoms with van der Waals surface area (Å²) in [5.74, 6) is 0.658. The molecule has 2 N–H and O–H groups in total. The minimum Gasteiger partial charge on any atom is -0.381 e. The van der Waals surface area contributed by atoms with Gasteiger partial charge >= 0.3 is 0 Å². The molecule has 0 saturated carbocycles. The number of carbonyl (C=O) groups is 1. The quantitative estimate of drug-likeness (QED) is 0.870. The summed E-state index contributed by atoms with van der Waals surface area (Å²) >= 11 is 0. The topological polar surface area (TPSA) is 57.3 Å². The van der Waals surface area contributed by atoms with Gasteiger partial charge in [-0.1, -0.05) is 0 Å². The Hall–Kier alpha value is -1.62. The Morgan fingerprint density at radius 1 is 1.45 bits per heavy atom. The summed E-state index contributed by atoms with van der Waals surface area (Å²) in [6.07, 6.45) is 4.27. The van der Waals surface area contributed by atoms with Crippen molar-refractivity contribution < 1.29 is 4.79 Å². The summed E-state index contributed by atoms with van der Waals surface area (Å²) < 4.78 is 0. The summed E-state index contributed by atoms with van der Waals surface area (Å²) in [6, 6.07) is 4.30. The fourth-order valence-corrected chi connectivity index (χ4v) is 3.24. The molecule has 4 rings (SSSR count). The van der Waals surface area contributed by atoms with E-state index < -0.39 is 0 Å². The summed E-state index contributed by atoms with van der Waals surface area (Å²) in [5, 5.41) is 6.37. The molecule has 1 aromatic heterocycles. The first-order valence-corrected chi connectivity index (χ1v) is 7.49. The highest BCUT2D eigenvalue weighted by molar-refractivity contribution is 5.93. The van der Waals surface area contributed by atoms with Crippen LogP contribution in [0.15, 0.2) is 18.3 Å². The van der Waals surface area contributed by atoms with Crippen molar-refractivity contribution >= 4 is 11.6 Å². The van der Waals surface area contributed by atoms with E-state index in [-0.39, 0.29) is 5.91 Å². The zero-order valence-corrected chi connectivity index (χ0v) is 11.9. The molecule has 3 aliphatic rings. The van der Waals surface area contributed by atoms with E-state index >= 15 is 0 Å². The van der Waals surface area contributed by atoms with Crippen LogP contribution in [0.4, 0.5) is 5.69 Å². The number of hydrogen-bond donors (Lipinski definition) is 2. The molecule has 0 spiro atoms. The van der Waals surface area contributed by atoms with Crippen LogP contribution in [0.1, 0.15) is 30.3 Å². The molecule has 4 heterocycles. The molecule has 3 saturated heterocycles. The van der Waals surface area contributed by atoms with Crippen LogP contribution in [0.5, 0.6) is 0 Å². The number of anilines is 1. The second kappa shape index (κ2) is 5.79. The van der Waals surface area contributed by atoms with E-state index in [1.807, 2.05) is 19.1 Å². The molecule has 1 unspecified atom stereocenters. The third-order valence-electron chi connectivity index (χ3n) is 4.34. The van der Waals surface area contributed by atoms with Gasteiger partial charge in [-0.25, -0.2) is 0 Å². The first-order valence-electron chi connectivity index (χ1n) is 7.49. The number of nitrogens with one attached hydrogen (secondary N) is 2. The monoisotopic (exact) mass is 274 g/mol. The molecule has 2 bridgehead atoms. The Morgan fingerprint density at radius 2 is 2.25 bits per heavy atom. The molecule has 0 aromatic carbocycles. The lowest BCUT2D eigenvalue weighted by atomic mass is 9.84. The summed E-state index contributed by atoms with van der Waals surface area (Å²) in [7, 11) is 0. The number of nitrogens with zero attached hydrogens (tertiary/aromatic N) is 2. The van der Waals surface area contributed by atoms with Gasteiger partial charge in [-0.05, 0) is 50.9 Å². The van der Waals surface area contributed by atoms with Crippen molar-refractivity contribution in [1.29, 1.82) is 0 Å². The Balaban J connectivity index is 1.68.